The van der Waals surface area contributed by atoms with Gasteiger partial charge in [-0.1, -0.05) is 48.0 Å². The molecule has 4 nitrogen and oxygen atoms in total. The van der Waals surface area contributed by atoms with E-state index in [-0.39, 0.29) is 23.8 Å². The van der Waals surface area contributed by atoms with Crippen molar-refractivity contribution in [1.82, 2.24) is 5.32 Å². The number of hydrogen-bond acceptors (Lipinski definition) is 2. The minimum Gasteiger partial charge on any atom is -0.349 e. The van der Waals surface area contributed by atoms with Crippen LogP contribution in [0, 0.1) is 18.8 Å². The van der Waals surface area contributed by atoms with Crippen LogP contribution >= 0.6 is 0 Å². The number of nitrogens with one attached hydrogen (secondary N) is 2. The number of rotatable bonds is 6. The van der Waals surface area contributed by atoms with E-state index in [1.165, 1.54) is 24.0 Å². The van der Waals surface area contributed by atoms with E-state index in [4.69, 9.17) is 0 Å². The van der Waals surface area contributed by atoms with E-state index in [2.05, 4.69) is 41.8 Å². The fourth-order valence-corrected chi connectivity index (χ4v) is 3.87. The second-order valence-corrected chi connectivity index (χ2v) is 7.88. The first-order valence-electron chi connectivity index (χ1n) is 9.85. The number of carbonyl (C=O) groups is 2. The molecule has 2 aromatic rings. The Morgan fingerprint density at radius 1 is 1.15 bits per heavy atom. The second kappa shape index (κ2) is 7.55. The van der Waals surface area contributed by atoms with Crippen LogP contribution in [-0.2, 0) is 16.0 Å². The minimum absolute atomic E-state index is 0.0266. The number of carbonyl (C=O) groups excluding carboxylic acids is 2. The van der Waals surface area contributed by atoms with Crippen LogP contribution < -0.4 is 10.6 Å². The smallest absolute Gasteiger partial charge is 0.227 e. The summed E-state index contributed by atoms with van der Waals surface area (Å²) >= 11 is 0. The molecular weight excluding hydrogens is 336 g/mol. The molecule has 1 fully saturated rings. The molecule has 140 valence electrons. The van der Waals surface area contributed by atoms with Crippen LogP contribution in [0.1, 0.15) is 48.4 Å². The number of anilines is 1. The molecule has 1 heterocycles. The van der Waals surface area contributed by atoms with Gasteiger partial charge in [-0.2, -0.15) is 0 Å². The molecule has 0 radical (unpaired) electrons. The predicted octanol–water partition coefficient (Wildman–Crippen LogP) is 4.15. The third-order valence-electron chi connectivity index (χ3n) is 5.68. The molecule has 2 amide bonds. The number of aryl methyl sites for hydroxylation is 1. The predicted molar refractivity (Wildman–Crippen MR) is 106 cm³/mol. The normalized spacial score (nSPS) is 19.7. The molecule has 1 aliphatic carbocycles. The lowest BCUT2D eigenvalue weighted by atomic mass is 9.89. The van der Waals surface area contributed by atoms with E-state index >= 15 is 0 Å². The highest BCUT2D eigenvalue weighted by Crippen LogP contribution is 2.41. The van der Waals surface area contributed by atoms with Gasteiger partial charge in [0, 0.05) is 18.0 Å². The maximum absolute atomic E-state index is 12.6. The number of benzene rings is 2. The van der Waals surface area contributed by atoms with Crippen molar-refractivity contribution in [3.05, 3.63) is 65.2 Å². The van der Waals surface area contributed by atoms with Crippen molar-refractivity contribution in [1.29, 1.82) is 0 Å². The Morgan fingerprint density at radius 3 is 2.63 bits per heavy atom. The molecule has 2 N–H and O–H groups in total. The average Bonchev–Trinajstić information content (AvgIpc) is 3.50. The van der Waals surface area contributed by atoms with E-state index in [0.29, 0.717) is 25.2 Å². The van der Waals surface area contributed by atoms with Gasteiger partial charge in [0.2, 0.25) is 11.8 Å². The van der Waals surface area contributed by atoms with Crippen LogP contribution in [0.5, 0.6) is 0 Å². The Labute approximate surface area is 160 Å². The zero-order valence-electron chi connectivity index (χ0n) is 15.7. The third kappa shape index (κ3) is 4.21. The van der Waals surface area contributed by atoms with Gasteiger partial charge in [0.05, 0.1) is 6.04 Å². The number of fused-ring (bicyclic) bond motifs is 1. The summed E-state index contributed by atoms with van der Waals surface area (Å²) in [6.07, 6.45) is 4.01. The van der Waals surface area contributed by atoms with Gasteiger partial charge in [-0.05, 0) is 55.7 Å². The van der Waals surface area contributed by atoms with Crippen molar-refractivity contribution in [3.63, 3.8) is 0 Å². The second-order valence-electron chi connectivity index (χ2n) is 7.88. The van der Waals surface area contributed by atoms with Gasteiger partial charge in [-0.3, -0.25) is 9.59 Å². The molecule has 2 unspecified atom stereocenters. The summed E-state index contributed by atoms with van der Waals surface area (Å²) in [6, 6.07) is 16.4. The monoisotopic (exact) mass is 362 g/mol. The topological polar surface area (TPSA) is 58.2 Å². The van der Waals surface area contributed by atoms with E-state index in [9.17, 15) is 9.59 Å². The van der Waals surface area contributed by atoms with E-state index < -0.39 is 0 Å². The summed E-state index contributed by atoms with van der Waals surface area (Å²) in [6.45, 7) is 2.07. The summed E-state index contributed by atoms with van der Waals surface area (Å²) in [5.74, 6) is 0.476. The van der Waals surface area contributed by atoms with Crippen LogP contribution in [0.4, 0.5) is 5.69 Å². The molecule has 0 aromatic heterocycles. The average molecular weight is 362 g/mol. The minimum atomic E-state index is -0.135. The molecule has 0 saturated heterocycles. The van der Waals surface area contributed by atoms with Gasteiger partial charge in [0.25, 0.3) is 0 Å². The Bertz CT molecular complexity index is 840. The summed E-state index contributed by atoms with van der Waals surface area (Å²) in [4.78, 5) is 24.9. The summed E-state index contributed by atoms with van der Waals surface area (Å²) < 4.78 is 0. The number of amides is 2. The van der Waals surface area contributed by atoms with Crippen LogP contribution in [0.2, 0.25) is 0 Å². The fraction of sp³-hybridized carbons (Fsp3) is 0.391. The first kappa shape index (κ1) is 17.8. The summed E-state index contributed by atoms with van der Waals surface area (Å²) in [5.41, 5.74) is 4.46. The summed E-state index contributed by atoms with van der Waals surface area (Å²) in [5, 5.41) is 6.18. The molecule has 2 atom stereocenters. The SMILES string of the molecule is Cc1ccc(C(NC(=O)CCC2Cc3ccccc3NC2=O)C2CC2)cc1. The molecule has 1 saturated carbocycles. The molecule has 4 rings (SSSR count). The lowest BCUT2D eigenvalue weighted by Gasteiger charge is -2.25. The largest absolute Gasteiger partial charge is 0.349 e. The van der Waals surface area contributed by atoms with Crippen molar-refractivity contribution >= 4 is 17.5 Å². The Hall–Kier alpha value is -2.62. The van der Waals surface area contributed by atoms with Crippen molar-refractivity contribution in [2.75, 3.05) is 5.32 Å². The molecule has 4 heteroatoms. The first-order chi connectivity index (χ1) is 13.1. The van der Waals surface area contributed by atoms with Crippen LogP contribution in [0.25, 0.3) is 0 Å². The first-order valence-corrected chi connectivity index (χ1v) is 9.85. The molecule has 0 bridgehead atoms. The standard InChI is InChI=1S/C23H26N2O2/c1-15-6-8-16(9-7-15)22(17-10-11-17)25-21(26)13-12-19-14-18-4-2-3-5-20(18)24-23(19)27/h2-9,17,19,22H,10-14H2,1H3,(H,24,27)(H,25,26). The lowest BCUT2D eigenvalue weighted by Crippen LogP contribution is -2.33. The molecular formula is C23H26N2O2. The van der Waals surface area contributed by atoms with E-state index in [1.807, 2.05) is 24.3 Å². The molecule has 1 aliphatic heterocycles. The zero-order chi connectivity index (χ0) is 18.8. The maximum Gasteiger partial charge on any atom is 0.227 e. The highest BCUT2D eigenvalue weighted by Gasteiger charge is 2.33. The Kier molecular flexibility index (Phi) is 4.97. The third-order valence-corrected chi connectivity index (χ3v) is 5.68. The molecule has 0 spiro atoms. The number of hydrogen-bond donors (Lipinski definition) is 2. The van der Waals surface area contributed by atoms with Crippen molar-refractivity contribution in [2.24, 2.45) is 11.8 Å². The Morgan fingerprint density at radius 2 is 1.89 bits per heavy atom. The highest BCUT2D eigenvalue weighted by molar-refractivity contribution is 5.96. The summed E-state index contributed by atoms with van der Waals surface area (Å²) in [7, 11) is 0. The molecule has 27 heavy (non-hydrogen) atoms. The van der Waals surface area contributed by atoms with E-state index in [1.54, 1.807) is 0 Å². The fourth-order valence-electron chi connectivity index (χ4n) is 3.87. The van der Waals surface area contributed by atoms with Crippen LogP contribution in [0.15, 0.2) is 48.5 Å². The van der Waals surface area contributed by atoms with Gasteiger partial charge in [-0.15, -0.1) is 0 Å². The van der Waals surface area contributed by atoms with E-state index in [0.717, 1.165) is 11.3 Å². The number of para-hydroxylation sites is 1. The van der Waals surface area contributed by atoms with Crippen molar-refractivity contribution < 1.29 is 9.59 Å². The van der Waals surface area contributed by atoms with Gasteiger partial charge in [0.1, 0.15) is 0 Å². The quantitative estimate of drug-likeness (QED) is 0.811. The van der Waals surface area contributed by atoms with Crippen LogP contribution in [0.3, 0.4) is 0 Å². The van der Waals surface area contributed by atoms with Gasteiger partial charge in [-0.25, -0.2) is 0 Å². The van der Waals surface area contributed by atoms with Gasteiger partial charge < -0.3 is 10.6 Å². The molecule has 2 aliphatic rings. The van der Waals surface area contributed by atoms with Crippen LogP contribution in [-0.4, -0.2) is 11.8 Å². The molecule has 2 aromatic carbocycles. The maximum atomic E-state index is 12.6. The lowest BCUT2D eigenvalue weighted by molar-refractivity contribution is -0.123. The van der Waals surface area contributed by atoms with Crippen molar-refractivity contribution in [2.45, 2.75) is 45.1 Å². The van der Waals surface area contributed by atoms with Crippen molar-refractivity contribution in [3.8, 4) is 0 Å². The highest BCUT2D eigenvalue weighted by atomic mass is 16.2. The zero-order valence-corrected chi connectivity index (χ0v) is 15.7. The van der Waals surface area contributed by atoms with Gasteiger partial charge in [0.15, 0.2) is 0 Å². The Balaban J connectivity index is 1.35. The van der Waals surface area contributed by atoms with Gasteiger partial charge >= 0.3 is 0 Å².